The highest BCUT2D eigenvalue weighted by Crippen LogP contribution is 2.29. The number of hydrogen-bond donors (Lipinski definition) is 1. The summed E-state index contributed by atoms with van der Waals surface area (Å²) in [5.74, 6) is 2.06. The van der Waals surface area contributed by atoms with E-state index in [0.717, 1.165) is 23.1 Å². The maximum Gasteiger partial charge on any atom is 0.187 e. The van der Waals surface area contributed by atoms with Crippen LogP contribution in [0.5, 0.6) is 0 Å². The lowest BCUT2D eigenvalue weighted by atomic mass is 10.1. The van der Waals surface area contributed by atoms with Crippen molar-refractivity contribution in [3.63, 3.8) is 0 Å². The molecule has 0 unspecified atom stereocenters. The molecular formula is C12H19N3S. The molecule has 1 saturated carbocycles. The molecule has 1 aliphatic carbocycles. The van der Waals surface area contributed by atoms with Crippen molar-refractivity contribution in [2.75, 3.05) is 12.3 Å². The van der Waals surface area contributed by atoms with Gasteiger partial charge in [0.1, 0.15) is 0 Å². The molecule has 4 heteroatoms. The molecule has 16 heavy (non-hydrogen) atoms. The van der Waals surface area contributed by atoms with Gasteiger partial charge in [-0.25, -0.2) is 9.97 Å². The van der Waals surface area contributed by atoms with E-state index in [1.165, 1.54) is 31.4 Å². The zero-order valence-electron chi connectivity index (χ0n) is 9.56. The van der Waals surface area contributed by atoms with E-state index in [1.54, 1.807) is 11.8 Å². The van der Waals surface area contributed by atoms with Crippen molar-refractivity contribution in [3.8, 4) is 0 Å². The first kappa shape index (κ1) is 11.9. The van der Waals surface area contributed by atoms with Gasteiger partial charge in [0.15, 0.2) is 5.16 Å². The van der Waals surface area contributed by atoms with E-state index in [0.29, 0.717) is 6.54 Å². The second-order valence-electron chi connectivity index (χ2n) is 4.37. The van der Waals surface area contributed by atoms with Crippen LogP contribution >= 0.6 is 11.8 Å². The largest absolute Gasteiger partial charge is 0.330 e. The highest BCUT2D eigenvalue weighted by Gasteiger charge is 2.15. The average Bonchev–Trinajstić information content (AvgIpc) is 2.82. The molecule has 88 valence electrons. The van der Waals surface area contributed by atoms with Crippen LogP contribution in [0, 0.1) is 5.92 Å². The Hall–Kier alpha value is -0.610. The van der Waals surface area contributed by atoms with E-state index < -0.39 is 0 Å². The zero-order chi connectivity index (χ0) is 11.2. The van der Waals surface area contributed by atoms with Crippen LogP contribution in [0.4, 0.5) is 0 Å². The molecule has 0 amide bonds. The van der Waals surface area contributed by atoms with Crippen molar-refractivity contribution in [1.82, 2.24) is 9.97 Å². The van der Waals surface area contributed by atoms with E-state index in [4.69, 9.17) is 5.73 Å². The van der Waals surface area contributed by atoms with Crippen molar-refractivity contribution in [2.45, 2.75) is 37.3 Å². The standard InChI is InChI=1S/C12H19N3S/c13-6-5-11-7-14-12(15-8-11)16-9-10-3-1-2-4-10/h7-8,10H,1-6,9,13H2. The minimum absolute atomic E-state index is 0.665. The molecule has 0 atom stereocenters. The first-order chi connectivity index (χ1) is 7.88. The number of aromatic nitrogens is 2. The van der Waals surface area contributed by atoms with Gasteiger partial charge in [-0.2, -0.15) is 0 Å². The number of nitrogens with zero attached hydrogens (tertiary/aromatic N) is 2. The van der Waals surface area contributed by atoms with Crippen molar-refractivity contribution >= 4 is 11.8 Å². The summed E-state index contributed by atoms with van der Waals surface area (Å²) < 4.78 is 0. The van der Waals surface area contributed by atoms with Gasteiger partial charge in [0.25, 0.3) is 0 Å². The molecule has 0 saturated heterocycles. The minimum atomic E-state index is 0.665. The average molecular weight is 237 g/mol. The first-order valence-electron chi connectivity index (χ1n) is 6.02. The predicted octanol–water partition coefficient (Wildman–Crippen LogP) is 2.26. The fourth-order valence-electron chi connectivity index (χ4n) is 2.08. The second-order valence-corrected chi connectivity index (χ2v) is 5.36. The Morgan fingerprint density at radius 1 is 1.25 bits per heavy atom. The Bertz CT molecular complexity index is 307. The van der Waals surface area contributed by atoms with E-state index in [9.17, 15) is 0 Å². The summed E-state index contributed by atoms with van der Waals surface area (Å²) in [5, 5.41) is 0.910. The molecule has 1 aliphatic rings. The third kappa shape index (κ3) is 3.46. The van der Waals surface area contributed by atoms with E-state index in [1.807, 2.05) is 12.4 Å². The summed E-state index contributed by atoms with van der Waals surface area (Å²) in [6.07, 6.45) is 10.3. The number of hydrogen-bond acceptors (Lipinski definition) is 4. The Labute approximate surface area is 101 Å². The van der Waals surface area contributed by atoms with Gasteiger partial charge >= 0.3 is 0 Å². The Balaban J connectivity index is 1.80. The van der Waals surface area contributed by atoms with Crippen LogP contribution in [0.3, 0.4) is 0 Å². The van der Waals surface area contributed by atoms with E-state index >= 15 is 0 Å². The zero-order valence-corrected chi connectivity index (χ0v) is 10.4. The molecule has 0 aliphatic heterocycles. The van der Waals surface area contributed by atoms with Crippen molar-refractivity contribution in [2.24, 2.45) is 11.7 Å². The molecule has 0 bridgehead atoms. The predicted molar refractivity (Wildman–Crippen MR) is 67.5 cm³/mol. The van der Waals surface area contributed by atoms with Crippen LogP contribution in [-0.4, -0.2) is 22.3 Å². The monoisotopic (exact) mass is 237 g/mol. The second kappa shape index (κ2) is 6.21. The molecule has 1 heterocycles. The van der Waals surface area contributed by atoms with Crippen molar-refractivity contribution in [3.05, 3.63) is 18.0 Å². The van der Waals surface area contributed by atoms with Crippen molar-refractivity contribution in [1.29, 1.82) is 0 Å². The molecule has 0 radical (unpaired) electrons. The normalized spacial score (nSPS) is 16.8. The van der Waals surface area contributed by atoms with Crippen LogP contribution in [0.25, 0.3) is 0 Å². The molecule has 3 nitrogen and oxygen atoms in total. The minimum Gasteiger partial charge on any atom is -0.330 e. The fraction of sp³-hybridized carbons (Fsp3) is 0.667. The molecular weight excluding hydrogens is 218 g/mol. The van der Waals surface area contributed by atoms with E-state index in [-0.39, 0.29) is 0 Å². The number of nitrogens with two attached hydrogens (primary N) is 1. The molecule has 1 fully saturated rings. The third-order valence-corrected chi connectivity index (χ3v) is 4.14. The summed E-state index contributed by atoms with van der Waals surface area (Å²) in [6.45, 7) is 0.665. The SMILES string of the molecule is NCCc1cnc(SCC2CCCC2)nc1. The smallest absolute Gasteiger partial charge is 0.187 e. The lowest BCUT2D eigenvalue weighted by Crippen LogP contribution is -2.04. The summed E-state index contributed by atoms with van der Waals surface area (Å²) in [4.78, 5) is 8.71. The lowest BCUT2D eigenvalue weighted by Gasteiger charge is -2.07. The van der Waals surface area contributed by atoms with Gasteiger partial charge in [0, 0.05) is 18.1 Å². The van der Waals surface area contributed by atoms with Gasteiger partial charge in [-0.05, 0) is 37.3 Å². The van der Waals surface area contributed by atoms with E-state index in [2.05, 4.69) is 9.97 Å². The fourth-order valence-corrected chi connectivity index (χ4v) is 3.06. The Morgan fingerprint density at radius 3 is 2.56 bits per heavy atom. The van der Waals surface area contributed by atoms with Gasteiger partial charge in [-0.15, -0.1) is 0 Å². The number of thioether (sulfide) groups is 1. The molecule has 2 rings (SSSR count). The molecule has 2 N–H and O–H groups in total. The van der Waals surface area contributed by atoms with Crippen LogP contribution in [0.1, 0.15) is 31.2 Å². The summed E-state index contributed by atoms with van der Waals surface area (Å²) in [7, 11) is 0. The van der Waals surface area contributed by atoms with Crippen LogP contribution in [0.2, 0.25) is 0 Å². The van der Waals surface area contributed by atoms with Gasteiger partial charge in [0.05, 0.1) is 0 Å². The van der Waals surface area contributed by atoms with Gasteiger partial charge in [-0.1, -0.05) is 24.6 Å². The first-order valence-corrected chi connectivity index (χ1v) is 7.01. The Morgan fingerprint density at radius 2 is 1.94 bits per heavy atom. The molecule has 0 aromatic carbocycles. The van der Waals surface area contributed by atoms with Crippen LogP contribution in [-0.2, 0) is 6.42 Å². The van der Waals surface area contributed by atoms with Crippen molar-refractivity contribution < 1.29 is 0 Å². The molecule has 1 aromatic heterocycles. The highest BCUT2D eigenvalue weighted by atomic mass is 32.2. The Kier molecular flexibility index (Phi) is 4.60. The van der Waals surface area contributed by atoms with Gasteiger partial charge in [0.2, 0.25) is 0 Å². The maximum absolute atomic E-state index is 5.48. The maximum atomic E-state index is 5.48. The lowest BCUT2D eigenvalue weighted by molar-refractivity contribution is 0.622. The summed E-state index contributed by atoms with van der Waals surface area (Å²) in [6, 6.07) is 0. The third-order valence-electron chi connectivity index (χ3n) is 3.04. The van der Waals surface area contributed by atoms with Crippen LogP contribution < -0.4 is 5.73 Å². The number of rotatable bonds is 5. The molecule has 1 aromatic rings. The van der Waals surface area contributed by atoms with Gasteiger partial charge < -0.3 is 5.73 Å². The quantitative estimate of drug-likeness (QED) is 0.630. The highest BCUT2D eigenvalue weighted by molar-refractivity contribution is 7.99. The molecule has 0 spiro atoms. The summed E-state index contributed by atoms with van der Waals surface area (Å²) in [5.41, 5.74) is 6.61. The summed E-state index contributed by atoms with van der Waals surface area (Å²) >= 11 is 1.79. The topological polar surface area (TPSA) is 51.8 Å². The van der Waals surface area contributed by atoms with Gasteiger partial charge in [-0.3, -0.25) is 0 Å². The van der Waals surface area contributed by atoms with Crippen LogP contribution in [0.15, 0.2) is 17.6 Å².